The minimum absolute atomic E-state index is 0. The van der Waals surface area contributed by atoms with Gasteiger partial charge in [0.1, 0.15) is 5.75 Å². The molecule has 0 radical (unpaired) electrons. The third-order valence-corrected chi connectivity index (χ3v) is 5.56. The Hall–Kier alpha value is -1.69. The fourth-order valence-corrected chi connectivity index (χ4v) is 4.13. The molecule has 1 heterocycles. The molecule has 2 atom stereocenters. The van der Waals surface area contributed by atoms with Gasteiger partial charge < -0.3 is 4.74 Å². The number of benzene rings is 2. The maximum atomic E-state index is 13.0. The lowest BCUT2D eigenvalue weighted by molar-refractivity contribution is -0.0507. The highest BCUT2D eigenvalue weighted by molar-refractivity contribution is 5.85. The fraction of sp³-hybridized carbons (Fsp3) is 0.478. The normalized spacial score (nSPS) is 20.4. The topological polar surface area (TPSA) is 38.5 Å². The summed E-state index contributed by atoms with van der Waals surface area (Å²) in [5.74, 6) is 6.86. The van der Waals surface area contributed by atoms with Gasteiger partial charge in [0.2, 0.25) is 0 Å². The molecule has 0 aromatic heterocycles. The van der Waals surface area contributed by atoms with Crippen LogP contribution < -0.4 is 10.6 Å². The van der Waals surface area contributed by atoms with Crippen molar-refractivity contribution in [2.24, 2.45) is 11.8 Å². The van der Waals surface area contributed by atoms with Crippen molar-refractivity contribution in [2.45, 2.75) is 58.1 Å². The molecule has 6 heteroatoms. The van der Waals surface area contributed by atoms with Crippen LogP contribution in [0.25, 0.3) is 0 Å². The molecule has 2 aromatic rings. The lowest BCUT2D eigenvalue weighted by Gasteiger charge is -2.39. The number of nitrogens with two attached hydrogens (primary N) is 1. The molecular formula is C23H31ClF2N2O. The van der Waals surface area contributed by atoms with Crippen LogP contribution in [0.2, 0.25) is 0 Å². The minimum Gasteiger partial charge on any atom is -0.435 e. The Bertz CT molecular complexity index is 780. The van der Waals surface area contributed by atoms with Gasteiger partial charge in [0.05, 0.1) is 6.04 Å². The van der Waals surface area contributed by atoms with E-state index in [0.29, 0.717) is 6.42 Å². The van der Waals surface area contributed by atoms with Crippen LogP contribution in [-0.2, 0) is 11.8 Å². The molecule has 2 aromatic carbocycles. The number of rotatable bonds is 5. The van der Waals surface area contributed by atoms with E-state index < -0.39 is 6.61 Å². The van der Waals surface area contributed by atoms with E-state index in [1.165, 1.54) is 0 Å². The van der Waals surface area contributed by atoms with E-state index in [1.807, 2.05) is 35.3 Å². The van der Waals surface area contributed by atoms with Crippen molar-refractivity contribution < 1.29 is 13.5 Å². The summed E-state index contributed by atoms with van der Waals surface area (Å²) < 4.78 is 30.8. The van der Waals surface area contributed by atoms with Crippen LogP contribution in [0.4, 0.5) is 8.78 Å². The van der Waals surface area contributed by atoms with Crippen molar-refractivity contribution in [1.82, 2.24) is 5.01 Å². The second kappa shape index (κ2) is 9.88. The smallest absolute Gasteiger partial charge is 0.387 e. The number of piperidine rings is 1. The van der Waals surface area contributed by atoms with Gasteiger partial charge in [-0.1, -0.05) is 63.2 Å². The van der Waals surface area contributed by atoms with Crippen LogP contribution >= 0.6 is 12.4 Å². The molecule has 0 saturated carbocycles. The molecule has 0 bridgehead atoms. The summed E-state index contributed by atoms with van der Waals surface area (Å²) in [4.78, 5) is 0. The molecule has 3 nitrogen and oxygen atoms in total. The van der Waals surface area contributed by atoms with Crippen molar-refractivity contribution in [3.05, 3.63) is 65.2 Å². The summed E-state index contributed by atoms with van der Waals surface area (Å²) in [6.45, 7) is 4.36. The Kier molecular flexibility index (Phi) is 8.03. The predicted molar refractivity (Wildman–Crippen MR) is 116 cm³/mol. The van der Waals surface area contributed by atoms with Crippen LogP contribution in [0.3, 0.4) is 0 Å². The first-order chi connectivity index (χ1) is 13.3. The number of halogens is 3. The minimum atomic E-state index is -2.83. The lowest BCUT2D eigenvalue weighted by atomic mass is 9.80. The zero-order valence-corrected chi connectivity index (χ0v) is 18.1. The number of alkyl halides is 2. The summed E-state index contributed by atoms with van der Waals surface area (Å²) in [6.07, 6.45) is 2.65. The summed E-state index contributed by atoms with van der Waals surface area (Å²) >= 11 is 0. The number of hydrazine groups is 1. The summed E-state index contributed by atoms with van der Waals surface area (Å²) in [5.41, 5.74) is 3.04. The highest BCUT2D eigenvalue weighted by atomic mass is 35.5. The maximum absolute atomic E-state index is 13.0. The van der Waals surface area contributed by atoms with E-state index in [4.69, 9.17) is 10.6 Å². The Morgan fingerprint density at radius 2 is 1.83 bits per heavy atom. The molecule has 1 aliphatic rings. The van der Waals surface area contributed by atoms with Crippen molar-refractivity contribution in [2.75, 3.05) is 6.54 Å². The van der Waals surface area contributed by atoms with Crippen LogP contribution in [0.5, 0.6) is 5.75 Å². The van der Waals surface area contributed by atoms with Gasteiger partial charge in [-0.25, -0.2) is 5.01 Å². The van der Waals surface area contributed by atoms with Gasteiger partial charge in [-0.15, -0.1) is 12.4 Å². The molecule has 0 amide bonds. The second-order valence-electron chi connectivity index (χ2n) is 8.65. The van der Waals surface area contributed by atoms with Crippen molar-refractivity contribution in [3.8, 4) is 5.75 Å². The maximum Gasteiger partial charge on any atom is 0.387 e. The highest BCUT2D eigenvalue weighted by Crippen LogP contribution is 2.39. The molecule has 1 aliphatic heterocycles. The Balaban J connectivity index is 0.00000300. The first kappa shape index (κ1) is 23.6. The third kappa shape index (κ3) is 5.91. The van der Waals surface area contributed by atoms with E-state index in [1.54, 1.807) is 6.07 Å². The standard InChI is InChI=1S/C23H30F2N2O.ClH/c1-23(2,3)19-11-12-20(28-22(24)25)18(15-19)14-17-10-7-13-27(26)21(17)16-8-5-4-6-9-16;/h4-6,8-9,11-12,15,17,21-22H,7,10,13-14,26H2,1-3H3;1H/t17-,21+;/m0./s1. The van der Waals surface area contributed by atoms with Gasteiger partial charge in [-0.2, -0.15) is 8.78 Å². The SMILES string of the molecule is CC(C)(C)c1ccc(OC(F)F)c(C[C@@H]2CCCN(N)[C@@H]2c2ccccc2)c1.Cl. The number of ether oxygens (including phenoxy) is 1. The zero-order chi connectivity index (χ0) is 20.3. The average Bonchev–Trinajstić information content (AvgIpc) is 2.63. The molecule has 0 spiro atoms. The summed E-state index contributed by atoms with van der Waals surface area (Å²) in [7, 11) is 0. The van der Waals surface area contributed by atoms with Gasteiger partial charge in [-0.3, -0.25) is 5.84 Å². The molecule has 1 fully saturated rings. The average molecular weight is 425 g/mol. The Morgan fingerprint density at radius 1 is 1.14 bits per heavy atom. The number of hydrogen-bond donors (Lipinski definition) is 1. The largest absolute Gasteiger partial charge is 0.435 e. The molecule has 0 unspecified atom stereocenters. The first-order valence-corrected chi connectivity index (χ1v) is 9.90. The van der Waals surface area contributed by atoms with Gasteiger partial charge in [0, 0.05) is 6.54 Å². The van der Waals surface area contributed by atoms with Crippen LogP contribution in [0, 0.1) is 5.92 Å². The van der Waals surface area contributed by atoms with Crippen LogP contribution in [0.15, 0.2) is 48.5 Å². The number of hydrogen-bond acceptors (Lipinski definition) is 3. The monoisotopic (exact) mass is 424 g/mol. The van der Waals surface area contributed by atoms with Gasteiger partial charge >= 0.3 is 6.61 Å². The molecule has 29 heavy (non-hydrogen) atoms. The molecule has 3 rings (SSSR count). The van der Waals surface area contributed by atoms with Crippen molar-refractivity contribution in [3.63, 3.8) is 0 Å². The van der Waals surface area contributed by atoms with Crippen LogP contribution in [-0.4, -0.2) is 18.2 Å². The van der Waals surface area contributed by atoms with Crippen LogP contribution in [0.1, 0.15) is 56.3 Å². The van der Waals surface area contributed by atoms with Gasteiger partial charge in [0.25, 0.3) is 0 Å². The van der Waals surface area contributed by atoms with E-state index in [2.05, 4.69) is 32.9 Å². The Labute approximate surface area is 178 Å². The zero-order valence-electron chi connectivity index (χ0n) is 17.3. The first-order valence-electron chi connectivity index (χ1n) is 9.90. The highest BCUT2D eigenvalue weighted by Gasteiger charge is 2.32. The summed E-state index contributed by atoms with van der Waals surface area (Å²) in [6, 6.07) is 15.8. The second-order valence-corrected chi connectivity index (χ2v) is 8.65. The van der Waals surface area contributed by atoms with E-state index in [-0.39, 0.29) is 35.5 Å². The third-order valence-electron chi connectivity index (χ3n) is 5.56. The molecular weight excluding hydrogens is 394 g/mol. The number of nitrogens with zero attached hydrogens (tertiary/aromatic N) is 1. The molecule has 0 aliphatic carbocycles. The van der Waals surface area contributed by atoms with Gasteiger partial charge in [0.15, 0.2) is 0 Å². The quantitative estimate of drug-likeness (QED) is 0.609. The lowest BCUT2D eigenvalue weighted by Crippen LogP contribution is -2.44. The molecule has 160 valence electrons. The predicted octanol–water partition coefficient (Wildman–Crippen LogP) is 5.88. The van der Waals surface area contributed by atoms with Crippen molar-refractivity contribution in [1.29, 1.82) is 0 Å². The summed E-state index contributed by atoms with van der Waals surface area (Å²) in [5, 5.41) is 1.89. The van der Waals surface area contributed by atoms with E-state index in [9.17, 15) is 8.78 Å². The van der Waals surface area contributed by atoms with Gasteiger partial charge in [-0.05, 0) is 53.4 Å². The van der Waals surface area contributed by atoms with Crippen molar-refractivity contribution >= 4 is 12.4 Å². The van der Waals surface area contributed by atoms with E-state index >= 15 is 0 Å². The molecule has 2 N–H and O–H groups in total. The Morgan fingerprint density at radius 3 is 2.45 bits per heavy atom. The fourth-order valence-electron chi connectivity index (χ4n) is 4.13. The van der Waals surface area contributed by atoms with E-state index in [0.717, 1.165) is 36.1 Å². The molecule has 1 saturated heterocycles.